The number of carbonyl (C=O) groups excluding carboxylic acids is 1. The van der Waals surface area contributed by atoms with E-state index >= 15 is 0 Å². The van der Waals surface area contributed by atoms with Crippen LogP contribution < -0.4 is 0 Å². The summed E-state index contributed by atoms with van der Waals surface area (Å²) in [5.41, 5.74) is 0.0511. The predicted molar refractivity (Wildman–Crippen MR) is 79.8 cm³/mol. The summed E-state index contributed by atoms with van der Waals surface area (Å²) in [5, 5.41) is 10.8. The highest BCUT2D eigenvalue weighted by molar-refractivity contribution is 9.10. The summed E-state index contributed by atoms with van der Waals surface area (Å²) in [6, 6.07) is 4.32. The number of esters is 1. The van der Waals surface area contributed by atoms with Gasteiger partial charge in [-0.25, -0.2) is 4.79 Å². The number of carbonyl (C=O) groups is 1. The molecule has 0 aromatic heterocycles. The molecule has 0 saturated carbocycles. The molecular weight excluding hydrogens is 326 g/mol. The summed E-state index contributed by atoms with van der Waals surface area (Å²) < 4.78 is 5.30. The van der Waals surface area contributed by atoms with Gasteiger partial charge in [0.2, 0.25) is 0 Å². The van der Waals surface area contributed by atoms with Gasteiger partial charge < -0.3 is 4.74 Å². The van der Waals surface area contributed by atoms with Gasteiger partial charge in [-0.15, -0.1) is 0 Å². The number of nitro groups is 1. The van der Waals surface area contributed by atoms with Crippen molar-refractivity contribution in [1.82, 2.24) is 0 Å². The Morgan fingerprint density at radius 2 is 2.00 bits per heavy atom. The number of nitro benzene ring substituents is 1. The maximum atomic E-state index is 11.9. The summed E-state index contributed by atoms with van der Waals surface area (Å²) in [6.45, 7) is 2.48. The smallest absolute Gasteiger partial charge is 0.339 e. The molecule has 0 spiro atoms. The van der Waals surface area contributed by atoms with Crippen LogP contribution in [0.4, 0.5) is 5.69 Å². The fraction of sp³-hybridized carbons (Fsp3) is 0.500. The van der Waals surface area contributed by atoms with E-state index in [4.69, 9.17) is 4.74 Å². The number of halogens is 1. The molecule has 0 fully saturated rings. The molecule has 0 saturated heterocycles. The van der Waals surface area contributed by atoms with Gasteiger partial charge in [0.05, 0.1) is 17.1 Å². The Morgan fingerprint density at radius 3 is 2.65 bits per heavy atom. The molecule has 0 bridgehead atoms. The second-order valence-corrected chi connectivity index (χ2v) is 5.24. The average molecular weight is 344 g/mol. The van der Waals surface area contributed by atoms with E-state index < -0.39 is 10.9 Å². The van der Waals surface area contributed by atoms with Crippen molar-refractivity contribution in [3.63, 3.8) is 0 Å². The Kier molecular flexibility index (Phi) is 7.22. The monoisotopic (exact) mass is 343 g/mol. The molecule has 110 valence electrons. The van der Waals surface area contributed by atoms with Crippen LogP contribution >= 0.6 is 15.9 Å². The maximum absolute atomic E-state index is 11.9. The van der Waals surface area contributed by atoms with Gasteiger partial charge in [0, 0.05) is 6.07 Å². The number of hydrogen-bond acceptors (Lipinski definition) is 4. The van der Waals surface area contributed by atoms with Crippen molar-refractivity contribution in [2.75, 3.05) is 6.61 Å². The number of hydrogen-bond donors (Lipinski definition) is 0. The highest BCUT2D eigenvalue weighted by Gasteiger charge is 2.20. The number of nitrogens with zero attached hydrogens (tertiary/aromatic N) is 1. The van der Waals surface area contributed by atoms with Gasteiger partial charge in [0.25, 0.3) is 5.69 Å². The Labute approximate surface area is 126 Å². The Morgan fingerprint density at radius 1 is 1.30 bits per heavy atom. The lowest BCUT2D eigenvalue weighted by molar-refractivity contribution is -0.385. The van der Waals surface area contributed by atoms with E-state index in [9.17, 15) is 14.9 Å². The van der Waals surface area contributed by atoms with Gasteiger partial charge in [0.1, 0.15) is 4.47 Å². The van der Waals surface area contributed by atoms with Crippen LogP contribution in [0.5, 0.6) is 0 Å². The van der Waals surface area contributed by atoms with Gasteiger partial charge in [-0.1, -0.05) is 38.7 Å². The van der Waals surface area contributed by atoms with E-state index in [0.717, 1.165) is 19.3 Å². The predicted octanol–water partition coefficient (Wildman–Crippen LogP) is 4.48. The van der Waals surface area contributed by atoms with E-state index in [1.165, 1.54) is 31.0 Å². The minimum Gasteiger partial charge on any atom is -0.462 e. The van der Waals surface area contributed by atoms with Gasteiger partial charge in [-0.05, 0) is 28.4 Å². The number of ether oxygens (including phenoxy) is 1. The first-order chi connectivity index (χ1) is 9.57. The van der Waals surface area contributed by atoms with Crippen LogP contribution in [-0.4, -0.2) is 17.5 Å². The molecule has 0 N–H and O–H groups in total. The van der Waals surface area contributed by atoms with E-state index in [1.54, 1.807) is 0 Å². The molecule has 0 heterocycles. The van der Waals surface area contributed by atoms with Crippen molar-refractivity contribution in [3.05, 3.63) is 38.3 Å². The standard InChI is InChI=1S/C14H18BrNO4/c1-2-3-4-5-6-10-20-14(17)11-8-7-9-12(13(11)15)16(18)19/h7-9H,2-6,10H2,1H3. The normalized spacial score (nSPS) is 10.3. The first kappa shape index (κ1) is 16.6. The van der Waals surface area contributed by atoms with E-state index in [2.05, 4.69) is 22.9 Å². The highest BCUT2D eigenvalue weighted by Crippen LogP contribution is 2.28. The lowest BCUT2D eigenvalue weighted by Gasteiger charge is -2.06. The second-order valence-electron chi connectivity index (χ2n) is 4.45. The third-order valence-corrected chi connectivity index (χ3v) is 3.71. The van der Waals surface area contributed by atoms with Crippen molar-refractivity contribution >= 4 is 27.6 Å². The third-order valence-electron chi connectivity index (χ3n) is 2.88. The van der Waals surface area contributed by atoms with Crippen molar-refractivity contribution in [1.29, 1.82) is 0 Å². The molecule has 20 heavy (non-hydrogen) atoms. The van der Waals surface area contributed by atoms with Crippen LogP contribution in [0.3, 0.4) is 0 Å². The molecule has 0 unspecified atom stereocenters. The van der Waals surface area contributed by atoms with E-state index in [0.29, 0.717) is 6.61 Å². The fourth-order valence-electron chi connectivity index (χ4n) is 1.77. The van der Waals surface area contributed by atoms with Gasteiger partial charge in [-0.3, -0.25) is 10.1 Å². The van der Waals surface area contributed by atoms with Crippen molar-refractivity contribution in [2.45, 2.75) is 39.0 Å². The van der Waals surface area contributed by atoms with Crippen LogP contribution in [0, 0.1) is 10.1 Å². The SMILES string of the molecule is CCCCCCCOC(=O)c1cccc([N+](=O)[O-])c1Br. The van der Waals surface area contributed by atoms with Crippen LogP contribution in [-0.2, 0) is 4.74 Å². The Hall–Kier alpha value is -1.43. The van der Waals surface area contributed by atoms with Gasteiger partial charge in [0.15, 0.2) is 0 Å². The topological polar surface area (TPSA) is 69.4 Å². The van der Waals surface area contributed by atoms with Crippen LogP contribution in [0.15, 0.2) is 22.7 Å². The summed E-state index contributed by atoms with van der Waals surface area (Å²) in [6.07, 6.45) is 5.33. The minimum absolute atomic E-state index is 0.137. The summed E-state index contributed by atoms with van der Waals surface area (Å²) >= 11 is 3.08. The fourth-order valence-corrected chi connectivity index (χ4v) is 2.34. The first-order valence-corrected chi connectivity index (χ1v) is 7.47. The number of benzene rings is 1. The first-order valence-electron chi connectivity index (χ1n) is 6.68. The molecule has 1 rings (SSSR count). The van der Waals surface area contributed by atoms with E-state index in [-0.39, 0.29) is 15.7 Å². The van der Waals surface area contributed by atoms with Crippen molar-refractivity contribution in [3.8, 4) is 0 Å². The Bertz CT molecular complexity index is 476. The van der Waals surface area contributed by atoms with E-state index in [1.807, 2.05) is 0 Å². The minimum atomic E-state index is -0.536. The molecule has 5 nitrogen and oxygen atoms in total. The third kappa shape index (κ3) is 4.92. The molecule has 0 aliphatic heterocycles. The largest absolute Gasteiger partial charge is 0.462 e. The quantitative estimate of drug-likeness (QED) is 0.302. The van der Waals surface area contributed by atoms with Gasteiger partial charge >= 0.3 is 5.97 Å². The molecular formula is C14H18BrNO4. The Balaban J connectivity index is 2.52. The molecule has 1 aromatic carbocycles. The van der Waals surface area contributed by atoms with Gasteiger partial charge in [-0.2, -0.15) is 0 Å². The highest BCUT2D eigenvalue weighted by atomic mass is 79.9. The van der Waals surface area contributed by atoms with Crippen LogP contribution in [0.2, 0.25) is 0 Å². The number of rotatable bonds is 8. The number of unbranched alkanes of at least 4 members (excludes halogenated alkanes) is 4. The molecule has 1 aromatic rings. The average Bonchev–Trinajstić information content (AvgIpc) is 2.42. The zero-order valence-electron chi connectivity index (χ0n) is 11.4. The molecule has 0 aliphatic rings. The zero-order valence-corrected chi connectivity index (χ0v) is 13.0. The summed E-state index contributed by atoms with van der Waals surface area (Å²) in [7, 11) is 0. The zero-order chi connectivity index (χ0) is 15.0. The molecule has 6 heteroatoms. The van der Waals surface area contributed by atoms with Crippen LogP contribution in [0.1, 0.15) is 49.4 Å². The van der Waals surface area contributed by atoms with Crippen molar-refractivity contribution < 1.29 is 14.5 Å². The maximum Gasteiger partial charge on any atom is 0.339 e. The molecule has 0 amide bonds. The summed E-state index contributed by atoms with van der Waals surface area (Å²) in [5.74, 6) is -0.531. The van der Waals surface area contributed by atoms with Crippen molar-refractivity contribution in [2.24, 2.45) is 0 Å². The lowest BCUT2D eigenvalue weighted by atomic mass is 10.2. The summed E-state index contributed by atoms with van der Waals surface area (Å²) in [4.78, 5) is 22.1. The second kappa shape index (κ2) is 8.68. The van der Waals surface area contributed by atoms with Crippen LogP contribution in [0.25, 0.3) is 0 Å². The lowest BCUT2D eigenvalue weighted by Crippen LogP contribution is -2.08. The molecule has 0 atom stereocenters. The molecule has 0 radical (unpaired) electrons. The molecule has 0 aliphatic carbocycles.